The van der Waals surface area contributed by atoms with Gasteiger partial charge in [-0.25, -0.2) is 0 Å². The van der Waals surface area contributed by atoms with Gasteiger partial charge in [0, 0.05) is 9.50 Å². The Balaban J connectivity index is 2.15. The first kappa shape index (κ1) is 15.4. The van der Waals surface area contributed by atoms with Gasteiger partial charge >= 0.3 is 0 Å². The summed E-state index contributed by atoms with van der Waals surface area (Å²) in [5.74, 6) is -0.223. The van der Waals surface area contributed by atoms with Crippen molar-refractivity contribution >= 4 is 45.0 Å². The van der Waals surface area contributed by atoms with E-state index in [1.54, 1.807) is 18.2 Å². The molecule has 0 unspecified atom stereocenters. The molecule has 0 heterocycles. The minimum Gasteiger partial charge on any atom is -0.345 e. The molecule has 0 bridgehead atoms. The Kier molecular flexibility index (Phi) is 5.08. The fourth-order valence-corrected chi connectivity index (χ4v) is 2.72. The molecule has 2 aromatic carbocycles. The van der Waals surface area contributed by atoms with Crippen LogP contribution in [0.5, 0.6) is 0 Å². The van der Waals surface area contributed by atoms with Gasteiger partial charge in [-0.15, -0.1) is 0 Å². The molecule has 1 atom stereocenters. The van der Waals surface area contributed by atoms with E-state index in [9.17, 15) is 4.79 Å². The minimum absolute atomic E-state index is 0.119. The van der Waals surface area contributed by atoms with Gasteiger partial charge < -0.3 is 5.32 Å². The summed E-state index contributed by atoms with van der Waals surface area (Å²) in [5.41, 5.74) is 1.43. The second kappa shape index (κ2) is 6.61. The van der Waals surface area contributed by atoms with E-state index in [0.29, 0.717) is 15.6 Å². The Labute approximate surface area is 136 Å². The molecule has 20 heavy (non-hydrogen) atoms. The van der Waals surface area contributed by atoms with E-state index in [2.05, 4.69) is 21.2 Å². The number of nitrogens with one attached hydrogen (secondary N) is 1. The van der Waals surface area contributed by atoms with Gasteiger partial charge in [0.15, 0.2) is 0 Å². The summed E-state index contributed by atoms with van der Waals surface area (Å²) in [6, 6.07) is 12.5. The molecule has 0 spiro atoms. The van der Waals surface area contributed by atoms with Gasteiger partial charge in [-0.2, -0.15) is 0 Å². The minimum atomic E-state index is -0.223. The first-order valence-corrected chi connectivity index (χ1v) is 7.53. The first-order valence-electron chi connectivity index (χ1n) is 5.99. The molecule has 0 radical (unpaired) electrons. The molecule has 0 fully saturated rings. The number of amides is 1. The van der Waals surface area contributed by atoms with Crippen LogP contribution in [0, 0.1) is 0 Å². The van der Waals surface area contributed by atoms with Crippen LogP contribution in [0.25, 0.3) is 0 Å². The van der Waals surface area contributed by atoms with Crippen LogP contribution in [0.2, 0.25) is 10.0 Å². The molecule has 2 rings (SSSR count). The molecule has 0 aliphatic heterocycles. The van der Waals surface area contributed by atoms with Gasteiger partial charge in [0.25, 0.3) is 5.91 Å². The summed E-state index contributed by atoms with van der Waals surface area (Å²) < 4.78 is 0.973. The second-order valence-electron chi connectivity index (χ2n) is 4.37. The number of hydrogen-bond donors (Lipinski definition) is 1. The number of halogens is 3. The highest BCUT2D eigenvalue weighted by molar-refractivity contribution is 9.10. The molecule has 1 N–H and O–H groups in total. The van der Waals surface area contributed by atoms with Crippen LogP contribution in [0.4, 0.5) is 0 Å². The van der Waals surface area contributed by atoms with Crippen LogP contribution >= 0.6 is 39.1 Å². The Hall–Kier alpha value is -1.03. The van der Waals surface area contributed by atoms with Crippen molar-refractivity contribution in [3.63, 3.8) is 0 Å². The van der Waals surface area contributed by atoms with Gasteiger partial charge in [-0.05, 0) is 42.8 Å². The van der Waals surface area contributed by atoms with Crippen molar-refractivity contribution in [1.29, 1.82) is 0 Å². The van der Waals surface area contributed by atoms with Crippen LogP contribution in [0.15, 0.2) is 46.9 Å². The summed E-state index contributed by atoms with van der Waals surface area (Å²) in [7, 11) is 0. The third kappa shape index (κ3) is 3.75. The first-order chi connectivity index (χ1) is 9.47. The second-order valence-corrected chi connectivity index (χ2v) is 6.13. The largest absolute Gasteiger partial charge is 0.345 e. The topological polar surface area (TPSA) is 29.1 Å². The summed E-state index contributed by atoms with van der Waals surface area (Å²) in [5, 5.41) is 3.76. The van der Waals surface area contributed by atoms with Crippen molar-refractivity contribution in [2.45, 2.75) is 13.0 Å². The Morgan fingerprint density at radius 3 is 2.60 bits per heavy atom. The van der Waals surface area contributed by atoms with E-state index >= 15 is 0 Å². The lowest BCUT2D eigenvalue weighted by Crippen LogP contribution is -2.26. The maximum atomic E-state index is 12.2. The molecule has 0 aliphatic rings. The van der Waals surface area contributed by atoms with Gasteiger partial charge in [0.05, 0.1) is 16.6 Å². The van der Waals surface area contributed by atoms with Gasteiger partial charge in [-0.3, -0.25) is 4.79 Å². The number of carbonyl (C=O) groups is 1. The van der Waals surface area contributed by atoms with E-state index in [4.69, 9.17) is 23.2 Å². The smallest absolute Gasteiger partial charge is 0.253 e. The molecular formula is C15H12BrCl2NO. The predicted molar refractivity (Wildman–Crippen MR) is 86.5 cm³/mol. The van der Waals surface area contributed by atoms with Crippen molar-refractivity contribution in [1.82, 2.24) is 5.32 Å². The lowest BCUT2D eigenvalue weighted by atomic mass is 10.1. The maximum Gasteiger partial charge on any atom is 0.253 e. The molecule has 0 saturated heterocycles. The maximum absolute atomic E-state index is 12.2. The molecule has 0 aromatic heterocycles. The average molecular weight is 373 g/mol. The van der Waals surface area contributed by atoms with Crippen molar-refractivity contribution in [2.24, 2.45) is 0 Å². The fraction of sp³-hybridized carbons (Fsp3) is 0.133. The standard InChI is InChI=1S/C15H12BrCl2NO/c1-9(10-3-2-4-11(16)7-10)19-15(20)13-6-5-12(17)8-14(13)18/h2-9H,1H3,(H,19,20)/t9-/m1/s1. The Morgan fingerprint density at radius 1 is 1.20 bits per heavy atom. The molecule has 2 aromatic rings. The number of rotatable bonds is 3. The summed E-state index contributed by atoms with van der Waals surface area (Å²) in [6.07, 6.45) is 0. The van der Waals surface area contributed by atoms with E-state index in [0.717, 1.165) is 10.0 Å². The highest BCUT2D eigenvalue weighted by Gasteiger charge is 2.14. The predicted octanol–water partition coefficient (Wildman–Crippen LogP) is 5.25. The van der Waals surface area contributed by atoms with Crippen LogP contribution in [-0.2, 0) is 0 Å². The van der Waals surface area contributed by atoms with Crippen LogP contribution in [-0.4, -0.2) is 5.91 Å². The lowest BCUT2D eigenvalue weighted by Gasteiger charge is -2.15. The van der Waals surface area contributed by atoms with Gasteiger partial charge in [-0.1, -0.05) is 51.3 Å². The molecule has 2 nitrogen and oxygen atoms in total. The molecular weight excluding hydrogens is 361 g/mol. The number of carbonyl (C=O) groups excluding carboxylic acids is 1. The van der Waals surface area contributed by atoms with Crippen LogP contribution < -0.4 is 5.32 Å². The van der Waals surface area contributed by atoms with Crippen molar-refractivity contribution in [2.75, 3.05) is 0 Å². The van der Waals surface area contributed by atoms with E-state index < -0.39 is 0 Å². The van der Waals surface area contributed by atoms with E-state index in [1.165, 1.54) is 0 Å². The van der Waals surface area contributed by atoms with Crippen LogP contribution in [0.3, 0.4) is 0 Å². The molecule has 0 aliphatic carbocycles. The van der Waals surface area contributed by atoms with Crippen LogP contribution in [0.1, 0.15) is 28.9 Å². The zero-order valence-electron chi connectivity index (χ0n) is 10.7. The van der Waals surface area contributed by atoms with Crippen molar-refractivity contribution in [3.05, 3.63) is 68.1 Å². The summed E-state index contributed by atoms with van der Waals surface area (Å²) in [6.45, 7) is 1.92. The van der Waals surface area contributed by atoms with Gasteiger partial charge in [0.1, 0.15) is 0 Å². The fourth-order valence-electron chi connectivity index (χ4n) is 1.81. The zero-order chi connectivity index (χ0) is 14.7. The van der Waals surface area contributed by atoms with E-state index in [1.807, 2.05) is 31.2 Å². The quantitative estimate of drug-likeness (QED) is 0.783. The molecule has 0 saturated carbocycles. The third-order valence-electron chi connectivity index (χ3n) is 2.87. The summed E-state index contributed by atoms with van der Waals surface area (Å²) >= 11 is 15.3. The van der Waals surface area contributed by atoms with Crippen molar-refractivity contribution in [3.8, 4) is 0 Å². The Bertz CT molecular complexity index is 646. The monoisotopic (exact) mass is 371 g/mol. The Morgan fingerprint density at radius 2 is 1.95 bits per heavy atom. The van der Waals surface area contributed by atoms with E-state index in [-0.39, 0.29) is 11.9 Å². The molecule has 1 amide bonds. The highest BCUT2D eigenvalue weighted by atomic mass is 79.9. The molecule has 104 valence electrons. The number of hydrogen-bond acceptors (Lipinski definition) is 1. The lowest BCUT2D eigenvalue weighted by molar-refractivity contribution is 0.0940. The zero-order valence-corrected chi connectivity index (χ0v) is 13.8. The highest BCUT2D eigenvalue weighted by Crippen LogP contribution is 2.22. The van der Waals surface area contributed by atoms with Gasteiger partial charge in [0.2, 0.25) is 0 Å². The third-order valence-corrected chi connectivity index (χ3v) is 3.91. The number of benzene rings is 2. The average Bonchev–Trinajstić information content (AvgIpc) is 2.38. The summed E-state index contributed by atoms with van der Waals surface area (Å²) in [4.78, 5) is 12.2. The SMILES string of the molecule is C[C@@H](NC(=O)c1ccc(Cl)cc1Cl)c1cccc(Br)c1. The van der Waals surface area contributed by atoms with Crippen molar-refractivity contribution < 1.29 is 4.79 Å². The molecule has 5 heteroatoms. The normalized spacial score (nSPS) is 12.0.